The molecule has 2 heterocycles. The molecule has 3 aromatic rings. The minimum Gasteiger partial charge on any atom is -0.248 e. The molecule has 140 valence electrons. The molecule has 6 nitrogen and oxygen atoms in total. The second-order valence-corrected chi connectivity index (χ2v) is 8.58. The molecule has 0 bridgehead atoms. The van der Waals surface area contributed by atoms with Crippen molar-refractivity contribution in [3.8, 4) is 11.1 Å². The summed E-state index contributed by atoms with van der Waals surface area (Å²) in [6.45, 7) is 4.49. The summed E-state index contributed by atoms with van der Waals surface area (Å²) in [5.41, 5.74) is 1.92. The third-order valence-electron chi connectivity index (χ3n) is 4.01. The predicted octanol–water partition coefficient (Wildman–Crippen LogP) is 3.72. The van der Waals surface area contributed by atoms with Crippen LogP contribution in [0.3, 0.4) is 0 Å². The van der Waals surface area contributed by atoms with Gasteiger partial charge in [0.15, 0.2) is 0 Å². The zero-order valence-corrected chi connectivity index (χ0v) is 16.7. The number of aromatic nitrogens is 3. The molecule has 0 fully saturated rings. The van der Waals surface area contributed by atoms with Gasteiger partial charge in [-0.1, -0.05) is 44.2 Å². The monoisotopic (exact) mass is 400 g/mol. The highest BCUT2D eigenvalue weighted by Gasteiger charge is 2.22. The summed E-state index contributed by atoms with van der Waals surface area (Å²) in [6, 6.07) is 13.2. The molecule has 3 rings (SSSR count). The Balaban J connectivity index is 1.87. The highest BCUT2D eigenvalue weighted by Crippen LogP contribution is 2.33. The first-order valence-corrected chi connectivity index (χ1v) is 10.8. The molecule has 0 aliphatic rings. The summed E-state index contributed by atoms with van der Waals surface area (Å²) in [7, 11) is -3.51. The molecule has 0 spiro atoms. The Bertz CT molecular complexity index is 990. The van der Waals surface area contributed by atoms with Crippen LogP contribution >= 0.6 is 11.8 Å². The molecule has 8 heteroatoms. The van der Waals surface area contributed by atoms with E-state index in [2.05, 4.69) is 15.0 Å². The van der Waals surface area contributed by atoms with Gasteiger partial charge in [0.2, 0.25) is 10.0 Å². The quantitative estimate of drug-likeness (QED) is 0.563. The second kappa shape index (κ2) is 8.60. The maximum absolute atomic E-state index is 12.6. The van der Waals surface area contributed by atoms with E-state index in [1.165, 1.54) is 28.6 Å². The molecule has 0 saturated carbocycles. The Hall–Kier alpha value is -2.29. The van der Waals surface area contributed by atoms with Crippen LogP contribution in [0.25, 0.3) is 11.1 Å². The number of benzene rings is 1. The van der Waals surface area contributed by atoms with Crippen molar-refractivity contribution in [2.75, 3.05) is 13.1 Å². The number of rotatable bonds is 7. The zero-order chi connectivity index (χ0) is 19.3. The third-order valence-corrected chi connectivity index (χ3v) is 7.02. The molecule has 0 unspecified atom stereocenters. The predicted molar refractivity (Wildman–Crippen MR) is 106 cm³/mol. The van der Waals surface area contributed by atoms with Gasteiger partial charge in [0, 0.05) is 31.0 Å². The molecule has 0 N–H and O–H groups in total. The standard InChI is InChI=1S/C19H20N4O2S2/c1-3-23(4-2)27(24,25)16-10-11-18(21-12-16)26-19-17(13-20-14-22-19)15-8-6-5-7-9-15/h5-14H,3-4H2,1-2H3. The van der Waals surface area contributed by atoms with Crippen LogP contribution in [0.5, 0.6) is 0 Å². The largest absolute Gasteiger partial charge is 0.248 e. The Morgan fingerprint density at radius 1 is 0.963 bits per heavy atom. The third kappa shape index (κ3) is 4.35. The normalized spacial score (nSPS) is 11.7. The van der Waals surface area contributed by atoms with Crippen LogP contribution in [0.1, 0.15) is 13.8 Å². The van der Waals surface area contributed by atoms with E-state index < -0.39 is 10.0 Å². The molecule has 0 aliphatic carbocycles. The van der Waals surface area contributed by atoms with Gasteiger partial charge in [0.1, 0.15) is 21.3 Å². The van der Waals surface area contributed by atoms with E-state index in [9.17, 15) is 8.42 Å². The van der Waals surface area contributed by atoms with Gasteiger partial charge in [-0.2, -0.15) is 4.31 Å². The van der Waals surface area contributed by atoms with E-state index in [4.69, 9.17) is 0 Å². The number of pyridine rings is 1. The van der Waals surface area contributed by atoms with E-state index in [1.54, 1.807) is 18.3 Å². The SMILES string of the molecule is CCN(CC)S(=O)(=O)c1ccc(Sc2ncncc2-c2ccccc2)nc1. The molecule has 0 radical (unpaired) electrons. The van der Waals surface area contributed by atoms with Crippen LogP contribution in [-0.4, -0.2) is 40.8 Å². The summed E-state index contributed by atoms with van der Waals surface area (Å²) in [5, 5.41) is 1.44. The zero-order valence-electron chi connectivity index (χ0n) is 15.1. The number of sulfonamides is 1. The smallest absolute Gasteiger partial charge is 0.244 e. The fourth-order valence-electron chi connectivity index (χ4n) is 2.61. The van der Waals surface area contributed by atoms with Crippen LogP contribution in [0.2, 0.25) is 0 Å². The van der Waals surface area contributed by atoms with Gasteiger partial charge in [0.05, 0.1) is 0 Å². The second-order valence-electron chi connectivity index (χ2n) is 5.63. The lowest BCUT2D eigenvalue weighted by Crippen LogP contribution is -2.30. The van der Waals surface area contributed by atoms with E-state index in [0.29, 0.717) is 18.1 Å². The minimum absolute atomic E-state index is 0.196. The van der Waals surface area contributed by atoms with Crippen molar-refractivity contribution < 1.29 is 8.42 Å². The summed E-state index contributed by atoms with van der Waals surface area (Å²) in [5.74, 6) is 0. The Labute approximate surface area is 163 Å². The lowest BCUT2D eigenvalue weighted by atomic mass is 10.1. The fraction of sp³-hybridized carbons (Fsp3) is 0.211. The minimum atomic E-state index is -3.51. The van der Waals surface area contributed by atoms with Gasteiger partial charge in [-0.15, -0.1) is 0 Å². The molecule has 0 saturated heterocycles. The van der Waals surface area contributed by atoms with E-state index >= 15 is 0 Å². The molecular formula is C19H20N4O2S2. The average Bonchev–Trinajstić information content (AvgIpc) is 2.70. The summed E-state index contributed by atoms with van der Waals surface area (Å²) >= 11 is 1.38. The van der Waals surface area contributed by atoms with Crippen molar-refractivity contribution >= 4 is 21.8 Å². The van der Waals surface area contributed by atoms with Crippen LogP contribution in [0, 0.1) is 0 Å². The highest BCUT2D eigenvalue weighted by molar-refractivity contribution is 7.99. The number of nitrogens with zero attached hydrogens (tertiary/aromatic N) is 4. The topological polar surface area (TPSA) is 76.1 Å². The Morgan fingerprint density at radius 3 is 2.33 bits per heavy atom. The summed E-state index contributed by atoms with van der Waals surface area (Å²) < 4.78 is 26.5. The molecule has 0 atom stereocenters. The lowest BCUT2D eigenvalue weighted by molar-refractivity contribution is 0.445. The van der Waals surface area contributed by atoms with Crippen LogP contribution in [0.4, 0.5) is 0 Å². The van der Waals surface area contributed by atoms with Crippen molar-refractivity contribution in [2.45, 2.75) is 28.8 Å². The Morgan fingerprint density at radius 2 is 1.70 bits per heavy atom. The first-order chi connectivity index (χ1) is 13.1. The maximum Gasteiger partial charge on any atom is 0.244 e. The van der Waals surface area contributed by atoms with Gasteiger partial charge in [0.25, 0.3) is 0 Å². The van der Waals surface area contributed by atoms with Crippen molar-refractivity contribution in [3.63, 3.8) is 0 Å². The van der Waals surface area contributed by atoms with E-state index in [0.717, 1.165) is 16.2 Å². The fourth-order valence-corrected chi connectivity index (χ4v) is 4.83. The van der Waals surface area contributed by atoms with Crippen LogP contribution < -0.4 is 0 Å². The molecule has 27 heavy (non-hydrogen) atoms. The van der Waals surface area contributed by atoms with Gasteiger partial charge in [-0.05, 0) is 29.5 Å². The first-order valence-electron chi connectivity index (χ1n) is 8.55. The molecular weight excluding hydrogens is 380 g/mol. The molecule has 0 amide bonds. The molecule has 0 aliphatic heterocycles. The van der Waals surface area contributed by atoms with Crippen LogP contribution in [0.15, 0.2) is 76.1 Å². The van der Waals surface area contributed by atoms with Crippen molar-refractivity contribution in [3.05, 3.63) is 61.2 Å². The number of hydrogen-bond acceptors (Lipinski definition) is 6. The number of hydrogen-bond donors (Lipinski definition) is 0. The van der Waals surface area contributed by atoms with Crippen molar-refractivity contribution in [2.24, 2.45) is 0 Å². The highest BCUT2D eigenvalue weighted by atomic mass is 32.2. The van der Waals surface area contributed by atoms with E-state index in [1.807, 2.05) is 44.2 Å². The molecule has 2 aromatic heterocycles. The van der Waals surface area contributed by atoms with Gasteiger partial charge >= 0.3 is 0 Å². The van der Waals surface area contributed by atoms with Gasteiger partial charge in [-0.3, -0.25) is 0 Å². The first kappa shape index (κ1) is 19.5. The maximum atomic E-state index is 12.6. The summed E-state index contributed by atoms with van der Waals surface area (Å²) in [6.07, 6.45) is 4.66. The van der Waals surface area contributed by atoms with Crippen LogP contribution in [-0.2, 0) is 10.0 Å². The van der Waals surface area contributed by atoms with Gasteiger partial charge in [-0.25, -0.2) is 23.4 Å². The average molecular weight is 401 g/mol. The Kier molecular flexibility index (Phi) is 6.20. The molecule has 1 aromatic carbocycles. The van der Waals surface area contributed by atoms with Crippen molar-refractivity contribution in [1.29, 1.82) is 0 Å². The van der Waals surface area contributed by atoms with Gasteiger partial charge < -0.3 is 0 Å². The van der Waals surface area contributed by atoms with E-state index in [-0.39, 0.29) is 4.90 Å². The summed E-state index contributed by atoms with van der Waals surface area (Å²) in [4.78, 5) is 13.0. The lowest BCUT2D eigenvalue weighted by Gasteiger charge is -2.18. The van der Waals surface area contributed by atoms with Crippen molar-refractivity contribution in [1.82, 2.24) is 19.3 Å².